The molecule has 1 heterocycles. The van der Waals surface area contributed by atoms with Crippen molar-refractivity contribution in [2.24, 2.45) is 0 Å². The molecule has 1 aromatic carbocycles. The first-order valence-electron chi connectivity index (χ1n) is 5.35. The van der Waals surface area contributed by atoms with E-state index in [4.69, 9.17) is 26.4 Å². The Bertz CT molecular complexity index is 658. The van der Waals surface area contributed by atoms with Gasteiger partial charge in [0.15, 0.2) is 0 Å². The standard InChI is InChI=1S/C13H9ClN2O3/c14-10-5-8(6-15)1-2-11(10)16-7-9-3-4-19-12(9)13(17)18/h1-5,16H,7H2,(H,17,18). The summed E-state index contributed by atoms with van der Waals surface area (Å²) in [5.74, 6) is -1.22. The van der Waals surface area contributed by atoms with Gasteiger partial charge < -0.3 is 14.8 Å². The van der Waals surface area contributed by atoms with Crippen molar-refractivity contribution in [1.82, 2.24) is 0 Å². The normalized spacial score (nSPS) is 9.89. The molecule has 0 spiro atoms. The molecule has 2 N–H and O–H groups in total. The fraction of sp³-hybridized carbons (Fsp3) is 0.0769. The van der Waals surface area contributed by atoms with Gasteiger partial charge in [-0.25, -0.2) is 4.79 Å². The molecule has 0 fully saturated rings. The molecule has 0 aliphatic rings. The van der Waals surface area contributed by atoms with Crippen LogP contribution in [0.5, 0.6) is 0 Å². The first kappa shape index (κ1) is 13.0. The van der Waals surface area contributed by atoms with Crippen molar-refractivity contribution in [2.45, 2.75) is 6.54 Å². The summed E-state index contributed by atoms with van der Waals surface area (Å²) in [6.45, 7) is 0.268. The van der Waals surface area contributed by atoms with Gasteiger partial charge in [0.1, 0.15) is 0 Å². The van der Waals surface area contributed by atoms with Crippen LogP contribution in [0, 0.1) is 11.3 Å². The summed E-state index contributed by atoms with van der Waals surface area (Å²) in [5.41, 5.74) is 1.61. The fourth-order valence-electron chi connectivity index (χ4n) is 1.58. The molecule has 1 aromatic heterocycles. The van der Waals surface area contributed by atoms with Gasteiger partial charge in [0.05, 0.1) is 28.6 Å². The lowest BCUT2D eigenvalue weighted by molar-refractivity contribution is 0.0661. The summed E-state index contributed by atoms with van der Waals surface area (Å²) in [5, 5.41) is 21.0. The maximum Gasteiger partial charge on any atom is 0.372 e. The molecule has 2 aromatic rings. The summed E-state index contributed by atoms with van der Waals surface area (Å²) >= 11 is 6.00. The average molecular weight is 277 g/mol. The Morgan fingerprint density at radius 1 is 1.47 bits per heavy atom. The van der Waals surface area contributed by atoms with Crippen molar-refractivity contribution in [1.29, 1.82) is 5.26 Å². The smallest absolute Gasteiger partial charge is 0.372 e. The maximum absolute atomic E-state index is 10.9. The summed E-state index contributed by atoms with van der Waals surface area (Å²) in [4.78, 5) is 10.9. The van der Waals surface area contributed by atoms with Crippen molar-refractivity contribution >= 4 is 23.3 Å². The van der Waals surface area contributed by atoms with Crippen molar-refractivity contribution in [2.75, 3.05) is 5.32 Å². The van der Waals surface area contributed by atoms with Gasteiger partial charge in [-0.05, 0) is 24.3 Å². The maximum atomic E-state index is 10.9. The zero-order valence-corrected chi connectivity index (χ0v) is 10.4. The Morgan fingerprint density at radius 3 is 2.89 bits per heavy atom. The number of halogens is 1. The second kappa shape index (κ2) is 5.46. The number of anilines is 1. The Labute approximate surface area is 114 Å². The van der Waals surface area contributed by atoms with Gasteiger partial charge >= 0.3 is 5.97 Å². The van der Waals surface area contributed by atoms with E-state index in [2.05, 4.69) is 5.32 Å². The molecular formula is C13H9ClN2O3. The van der Waals surface area contributed by atoms with Gasteiger partial charge in [0, 0.05) is 12.1 Å². The number of hydrogen-bond donors (Lipinski definition) is 2. The predicted octanol–water partition coefficient (Wildman–Crippen LogP) is 3.11. The molecule has 19 heavy (non-hydrogen) atoms. The van der Waals surface area contributed by atoms with E-state index in [1.807, 2.05) is 6.07 Å². The van der Waals surface area contributed by atoms with Crippen LogP contribution >= 0.6 is 11.6 Å². The molecule has 0 atom stereocenters. The van der Waals surface area contributed by atoms with E-state index >= 15 is 0 Å². The number of nitrogens with one attached hydrogen (secondary N) is 1. The summed E-state index contributed by atoms with van der Waals surface area (Å²) < 4.78 is 4.87. The number of aromatic carboxylic acids is 1. The fourth-order valence-corrected chi connectivity index (χ4v) is 1.83. The molecule has 0 bridgehead atoms. The molecule has 6 heteroatoms. The highest BCUT2D eigenvalue weighted by Gasteiger charge is 2.13. The van der Waals surface area contributed by atoms with Crippen LogP contribution in [-0.4, -0.2) is 11.1 Å². The van der Waals surface area contributed by atoms with E-state index in [0.29, 0.717) is 21.8 Å². The number of rotatable bonds is 4. The zero-order valence-electron chi connectivity index (χ0n) is 9.68. The van der Waals surface area contributed by atoms with E-state index in [1.54, 1.807) is 18.2 Å². The first-order chi connectivity index (χ1) is 9.11. The highest BCUT2D eigenvalue weighted by Crippen LogP contribution is 2.24. The van der Waals surface area contributed by atoms with Gasteiger partial charge in [0.2, 0.25) is 5.76 Å². The molecule has 0 aliphatic heterocycles. The van der Waals surface area contributed by atoms with Gasteiger partial charge in [-0.2, -0.15) is 5.26 Å². The van der Waals surface area contributed by atoms with Crippen molar-refractivity contribution in [3.8, 4) is 6.07 Å². The molecule has 0 saturated heterocycles. The van der Waals surface area contributed by atoms with Crippen LogP contribution in [0.15, 0.2) is 34.9 Å². The number of benzene rings is 1. The molecular weight excluding hydrogens is 268 g/mol. The van der Waals surface area contributed by atoms with Crippen molar-refractivity contribution < 1.29 is 14.3 Å². The number of carboxylic acid groups (broad SMARTS) is 1. The van der Waals surface area contributed by atoms with E-state index < -0.39 is 5.97 Å². The van der Waals surface area contributed by atoms with Crippen LogP contribution in [0.25, 0.3) is 0 Å². The van der Waals surface area contributed by atoms with Crippen LogP contribution in [0.2, 0.25) is 5.02 Å². The third kappa shape index (κ3) is 2.87. The molecule has 0 aliphatic carbocycles. The molecule has 96 valence electrons. The highest BCUT2D eigenvalue weighted by atomic mass is 35.5. The number of furan rings is 1. The molecule has 0 radical (unpaired) electrons. The van der Waals surface area contributed by atoms with E-state index in [9.17, 15) is 4.79 Å². The van der Waals surface area contributed by atoms with Gasteiger partial charge in [-0.1, -0.05) is 11.6 Å². The number of carboxylic acids is 1. The van der Waals surface area contributed by atoms with Crippen molar-refractivity contribution in [3.63, 3.8) is 0 Å². The lowest BCUT2D eigenvalue weighted by atomic mass is 10.2. The Morgan fingerprint density at radius 2 is 2.26 bits per heavy atom. The number of nitriles is 1. The molecule has 5 nitrogen and oxygen atoms in total. The summed E-state index contributed by atoms with van der Waals surface area (Å²) in [6, 6.07) is 8.39. The van der Waals surface area contributed by atoms with Crippen LogP contribution in [0.3, 0.4) is 0 Å². The largest absolute Gasteiger partial charge is 0.475 e. The highest BCUT2D eigenvalue weighted by molar-refractivity contribution is 6.33. The van der Waals surface area contributed by atoms with E-state index in [-0.39, 0.29) is 12.3 Å². The van der Waals surface area contributed by atoms with Crippen LogP contribution in [0.1, 0.15) is 21.7 Å². The quantitative estimate of drug-likeness (QED) is 0.896. The second-order valence-electron chi connectivity index (χ2n) is 3.74. The second-order valence-corrected chi connectivity index (χ2v) is 4.15. The lowest BCUT2D eigenvalue weighted by Crippen LogP contribution is -2.05. The Hall–Kier alpha value is -2.45. The number of carbonyl (C=O) groups is 1. The van der Waals surface area contributed by atoms with E-state index in [1.165, 1.54) is 12.3 Å². The third-order valence-corrected chi connectivity index (χ3v) is 2.82. The van der Waals surface area contributed by atoms with Crippen LogP contribution in [0.4, 0.5) is 5.69 Å². The van der Waals surface area contributed by atoms with Gasteiger partial charge in [-0.15, -0.1) is 0 Å². The lowest BCUT2D eigenvalue weighted by Gasteiger charge is -2.07. The van der Waals surface area contributed by atoms with Crippen LogP contribution in [-0.2, 0) is 6.54 Å². The molecule has 0 amide bonds. The minimum atomic E-state index is -1.12. The molecule has 2 rings (SSSR count). The summed E-state index contributed by atoms with van der Waals surface area (Å²) in [7, 11) is 0. The Kier molecular flexibility index (Phi) is 3.74. The number of nitrogens with zero attached hydrogens (tertiary/aromatic N) is 1. The SMILES string of the molecule is N#Cc1ccc(NCc2ccoc2C(=O)O)c(Cl)c1. The minimum absolute atomic E-state index is 0.0998. The molecule has 0 saturated carbocycles. The van der Waals surface area contributed by atoms with Gasteiger partial charge in [-0.3, -0.25) is 0 Å². The Balaban J connectivity index is 2.13. The van der Waals surface area contributed by atoms with Gasteiger partial charge in [0.25, 0.3) is 0 Å². The summed E-state index contributed by atoms with van der Waals surface area (Å²) in [6.07, 6.45) is 1.32. The first-order valence-corrected chi connectivity index (χ1v) is 5.73. The predicted molar refractivity (Wildman–Crippen MR) is 69.2 cm³/mol. The molecule has 0 unspecified atom stereocenters. The van der Waals surface area contributed by atoms with E-state index in [0.717, 1.165) is 0 Å². The average Bonchev–Trinajstić information content (AvgIpc) is 2.85. The zero-order chi connectivity index (χ0) is 13.8. The number of hydrogen-bond acceptors (Lipinski definition) is 4. The van der Waals surface area contributed by atoms with Crippen molar-refractivity contribution in [3.05, 3.63) is 52.4 Å². The monoisotopic (exact) mass is 276 g/mol. The topological polar surface area (TPSA) is 86.3 Å². The van der Waals surface area contributed by atoms with Crippen LogP contribution < -0.4 is 5.32 Å². The third-order valence-electron chi connectivity index (χ3n) is 2.51. The minimum Gasteiger partial charge on any atom is -0.475 e.